The molecule has 4 heteroatoms. The lowest BCUT2D eigenvalue weighted by molar-refractivity contribution is 0.112. The van der Waals surface area contributed by atoms with Crippen LogP contribution in [0.5, 0.6) is 0 Å². The van der Waals surface area contributed by atoms with E-state index in [0.717, 1.165) is 17.5 Å². The Bertz CT molecular complexity index is 406. The molecule has 0 saturated carbocycles. The van der Waals surface area contributed by atoms with Crippen molar-refractivity contribution in [3.8, 4) is 0 Å². The molecule has 0 fully saturated rings. The van der Waals surface area contributed by atoms with E-state index in [9.17, 15) is 4.39 Å². The van der Waals surface area contributed by atoms with Crippen LogP contribution in [0.1, 0.15) is 37.4 Å². The number of hydrogen-bond acceptors (Lipinski definition) is 3. The smallest absolute Gasteiger partial charge is 0.123 e. The number of benzene rings is 1. The fourth-order valence-corrected chi connectivity index (χ4v) is 2.31. The molecular weight excluding hydrogens is 229 g/mol. The maximum atomic E-state index is 13.5. The maximum Gasteiger partial charge on any atom is 0.123 e. The van der Waals surface area contributed by atoms with Crippen LogP contribution in [0.3, 0.4) is 0 Å². The van der Waals surface area contributed by atoms with E-state index in [1.807, 2.05) is 21.0 Å². The van der Waals surface area contributed by atoms with Crippen molar-refractivity contribution < 1.29 is 4.39 Å². The van der Waals surface area contributed by atoms with Crippen LogP contribution in [0, 0.1) is 12.7 Å². The third-order valence-electron chi connectivity index (χ3n) is 4.08. The number of nitrogens with zero attached hydrogens (tertiary/aromatic N) is 1. The highest BCUT2D eigenvalue weighted by molar-refractivity contribution is 5.32. The molecular formula is C14H24FN3. The van der Waals surface area contributed by atoms with E-state index in [4.69, 9.17) is 5.84 Å². The number of nitrogens with one attached hydrogen (secondary N) is 1. The number of rotatable bonds is 5. The van der Waals surface area contributed by atoms with Gasteiger partial charge < -0.3 is 4.90 Å². The van der Waals surface area contributed by atoms with Gasteiger partial charge in [0.25, 0.3) is 0 Å². The van der Waals surface area contributed by atoms with Crippen LogP contribution in [0.4, 0.5) is 4.39 Å². The predicted molar refractivity (Wildman–Crippen MR) is 73.6 cm³/mol. The van der Waals surface area contributed by atoms with Crippen molar-refractivity contribution >= 4 is 0 Å². The molecule has 0 aromatic heterocycles. The van der Waals surface area contributed by atoms with Gasteiger partial charge in [-0.15, -0.1) is 0 Å². The highest BCUT2D eigenvalue weighted by Crippen LogP contribution is 2.33. The minimum atomic E-state index is -0.229. The van der Waals surface area contributed by atoms with Crippen LogP contribution >= 0.6 is 0 Å². The quantitative estimate of drug-likeness (QED) is 0.625. The summed E-state index contributed by atoms with van der Waals surface area (Å²) in [6.45, 7) is 6.21. The second kappa shape index (κ2) is 5.78. The van der Waals surface area contributed by atoms with Gasteiger partial charge in [0.2, 0.25) is 0 Å². The summed E-state index contributed by atoms with van der Waals surface area (Å²) in [7, 11) is 4.03. The number of hydrogen-bond donors (Lipinski definition) is 2. The summed E-state index contributed by atoms with van der Waals surface area (Å²) in [5.74, 6) is 5.50. The van der Waals surface area contributed by atoms with Crippen LogP contribution < -0.4 is 11.3 Å². The number of hydrazine groups is 1. The van der Waals surface area contributed by atoms with Gasteiger partial charge in [-0.1, -0.05) is 13.0 Å². The molecule has 0 amide bonds. The van der Waals surface area contributed by atoms with Gasteiger partial charge in [-0.05, 0) is 57.6 Å². The van der Waals surface area contributed by atoms with Gasteiger partial charge in [0.05, 0.1) is 6.04 Å². The summed E-state index contributed by atoms with van der Waals surface area (Å²) in [6.07, 6.45) is 0.908. The van der Waals surface area contributed by atoms with Gasteiger partial charge in [0.15, 0.2) is 0 Å². The van der Waals surface area contributed by atoms with E-state index in [-0.39, 0.29) is 17.4 Å². The molecule has 2 atom stereocenters. The Labute approximate surface area is 109 Å². The molecule has 0 spiro atoms. The second-order valence-electron chi connectivity index (χ2n) is 5.21. The molecule has 102 valence electrons. The zero-order chi connectivity index (χ0) is 13.9. The van der Waals surface area contributed by atoms with Gasteiger partial charge in [-0.25, -0.2) is 4.39 Å². The largest absolute Gasteiger partial charge is 0.302 e. The Hall–Kier alpha value is -0.970. The van der Waals surface area contributed by atoms with Gasteiger partial charge in [-0.2, -0.15) is 0 Å². The molecule has 0 aliphatic rings. The van der Waals surface area contributed by atoms with Crippen molar-refractivity contribution in [2.24, 2.45) is 5.84 Å². The first-order valence-electron chi connectivity index (χ1n) is 6.26. The van der Waals surface area contributed by atoms with Crippen LogP contribution in [0.2, 0.25) is 0 Å². The van der Waals surface area contributed by atoms with Gasteiger partial charge in [0.1, 0.15) is 5.82 Å². The van der Waals surface area contributed by atoms with E-state index in [1.54, 1.807) is 12.1 Å². The second-order valence-corrected chi connectivity index (χ2v) is 5.21. The van der Waals surface area contributed by atoms with Crippen molar-refractivity contribution in [2.45, 2.75) is 38.8 Å². The van der Waals surface area contributed by atoms with Crippen molar-refractivity contribution in [1.29, 1.82) is 0 Å². The number of halogens is 1. The Morgan fingerprint density at radius 1 is 1.44 bits per heavy atom. The van der Waals surface area contributed by atoms with E-state index in [1.165, 1.54) is 6.07 Å². The molecule has 0 aliphatic carbocycles. The molecule has 0 heterocycles. The van der Waals surface area contributed by atoms with Crippen molar-refractivity contribution in [1.82, 2.24) is 10.3 Å². The Morgan fingerprint density at radius 3 is 2.50 bits per heavy atom. The summed E-state index contributed by atoms with van der Waals surface area (Å²) in [6, 6.07) is 4.72. The third kappa shape index (κ3) is 2.71. The highest BCUT2D eigenvalue weighted by atomic mass is 19.1. The summed E-state index contributed by atoms with van der Waals surface area (Å²) < 4.78 is 13.5. The zero-order valence-corrected chi connectivity index (χ0v) is 11.9. The average Bonchev–Trinajstić information content (AvgIpc) is 2.33. The first-order valence-corrected chi connectivity index (χ1v) is 6.26. The summed E-state index contributed by atoms with van der Waals surface area (Å²) in [5.41, 5.74) is 4.63. The molecule has 1 aromatic rings. The first-order chi connectivity index (χ1) is 8.36. The SMILES string of the molecule is CCC(C)(C(NN)c1cc(F)ccc1C)N(C)C. The topological polar surface area (TPSA) is 41.3 Å². The lowest BCUT2D eigenvalue weighted by Crippen LogP contribution is -2.53. The van der Waals surface area contributed by atoms with Crippen LogP contribution in [0.25, 0.3) is 0 Å². The van der Waals surface area contributed by atoms with Gasteiger partial charge in [0, 0.05) is 5.54 Å². The van der Waals surface area contributed by atoms with Crippen molar-refractivity contribution in [2.75, 3.05) is 14.1 Å². The minimum Gasteiger partial charge on any atom is -0.302 e. The van der Waals surface area contributed by atoms with E-state index < -0.39 is 0 Å². The molecule has 3 N–H and O–H groups in total. The molecule has 0 radical (unpaired) electrons. The fourth-order valence-electron chi connectivity index (χ4n) is 2.31. The lowest BCUT2D eigenvalue weighted by atomic mass is 9.82. The van der Waals surface area contributed by atoms with Crippen LogP contribution in [-0.4, -0.2) is 24.5 Å². The number of nitrogens with two attached hydrogens (primary N) is 1. The normalized spacial score (nSPS) is 16.7. The van der Waals surface area contributed by atoms with Crippen molar-refractivity contribution in [3.05, 3.63) is 35.1 Å². The highest BCUT2D eigenvalue weighted by Gasteiger charge is 2.36. The van der Waals surface area contributed by atoms with E-state index in [0.29, 0.717) is 0 Å². The van der Waals surface area contributed by atoms with Gasteiger partial charge in [-0.3, -0.25) is 11.3 Å². The summed E-state index contributed by atoms with van der Waals surface area (Å²) in [4.78, 5) is 2.13. The monoisotopic (exact) mass is 253 g/mol. The molecule has 1 aromatic carbocycles. The molecule has 0 saturated heterocycles. The zero-order valence-electron chi connectivity index (χ0n) is 11.9. The minimum absolute atomic E-state index is 0.117. The number of likely N-dealkylation sites (N-methyl/N-ethyl adjacent to an activating group) is 1. The predicted octanol–water partition coefficient (Wildman–Crippen LogP) is 2.37. The average molecular weight is 253 g/mol. The molecule has 3 nitrogen and oxygen atoms in total. The van der Waals surface area contributed by atoms with Crippen molar-refractivity contribution in [3.63, 3.8) is 0 Å². The lowest BCUT2D eigenvalue weighted by Gasteiger charge is -2.43. The molecule has 0 aliphatic heterocycles. The molecule has 2 unspecified atom stereocenters. The van der Waals surface area contributed by atoms with Crippen LogP contribution in [-0.2, 0) is 0 Å². The van der Waals surface area contributed by atoms with E-state index >= 15 is 0 Å². The molecule has 18 heavy (non-hydrogen) atoms. The first kappa shape index (κ1) is 15.1. The Balaban J connectivity index is 3.28. The summed E-state index contributed by atoms with van der Waals surface area (Å²) >= 11 is 0. The standard InChI is InChI=1S/C14H24FN3/c1-6-14(3,18(4)5)13(17-16)12-9-11(15)8-7-10(12)2/h7-9,13,17H,6,16H2,1-5H3. The Morgan fingerprint density at radius 2 is 2.06 bits per heavy atom. The van der Waals surface area contributed by atoms with E-state index in [2.05, 4.69) is 24.2 Å². The third-order valence-corrected chi connectivity index (χ3v) is 4.08. The van der Waals surface area contributed by atoms with Gasteiger partial charge >= 0.3 is 0 Å². The molecule has 1 rings (SSSR count). The molecule has 0 bridgehead atoms. The summed E-state index contributed by atoms with van der Waals surface area (Å²) in [5, 5.41) is 0. The fraction of sp³-hybridized carbons (Fsp3) is 0.571. The maximum absolute atomic E-state index is 13.5. The Kier molecular flexibility index (Phi) is 4.85. The number of aryl methyl sites for hydroxylation is 1. The van der Waals surface area contributed by atoms with Crippen LogP contribution in [0.15, 0.2) is 18.2 Å².